The molecule has 11 heteroatoms. The van der Waals surface area contributed by atoms with Gasteiger partial charge in [-0.05, 0) is 59.7 Å². The Kier molecular flexibility index (Phi) is 14.3. The van der Waals surface area contributed by atoms with Crippen LogP contribution in [0.3, 0.4) is 0 Å². The second-order valence-corrected chi connectivity index (χ2v) is 14.6. The van der Waals surface area contributed by atoms with Crippen LogP contribution in [0.1, 0.15) is 54.0 Å². The number of rotatable bonds is 19. The van der Waals surface area contributed by atoms with Crippen LogP contribution in [0.2, 0.25) is 0 Å². The molecule has 0 spiro atoms. The van der Waals surface area contributed by atoms with Gasteiger partial charge in [-0.15, -0.1) is 0 Å². The average Bonchev–Trinajstić information content (AvgIpc) is 3.66. The van der Waals surface area contributed by atoms with Gasteiger partial charge < -0.3 is 42.1 Å². The predicted molar refractivity (Wildman–Crippen MR) is 206 cm³/mol. The van der Waals surface area contributed by atoms with Crippen LogP contribution in [-0.2, 0) is 38.4 Å². The molecule has 0 bridgehead atoms. The maximum absolute atomic E-state index is 12.6. The third-order valence-electron chi connectivity index (χ3n) is 11.2. The molecule has 1 unspecified atom stereocenters. The van der Waals surface area contributed by atoms with Crippen molar-refractivity contribution >= 4 is 11.9 Å². The zero-order valence-corrected chi connectivity index (χ0v) is 32.9. The molecule has 3 aromatic carbocycles. The largest absolute Gasteiger partial charge is 0.497 e. The van der Waals surface area contributed by atoms with Gasteiger partial charge in [0.15, 0.2) is 23.0 Å². The van der Waals surface area contributed by atoms with E-state index in [1.165, 1.54) is 29.5 Å². The minimum atomic E-state index is -0.557. The van der Waals surface area contributed by atoms with Crippen molar-refractivity contribution in [3.05, 3.63) is 89.0 Å². The number of ether oxygens (including phenoxy) is 7. The molecule has 2 aliphatic heterocycles. The summed E-state index contributed by atoms with van der Waals surface area (Å²) >= 11 is 0. The Hall–Kier alpha value is -4.74. The van der Waals surface area contributed by atoms with Crippen LogP contribution in [0.25, 0.3) is 0 Å². The summed E-state index contributed by atoms with van der Waals surface area (Å²) in [6.45, 7) is 6.37. The molecule has 2 atom stereocenters. The van der Waals surface area contributed by atoms with Crippen molar-refractivity contribution in [3.8, 4) is 28.7 Å². The lowest BCUT2D eigenvalue weighted by atomic mass is 9.86. The van der Waals surface area contributed by atoms with Crippen LogP contribution in [0, 0.1) is 0 Å². The second-order valence-electron chi connectivity index (χ2n) is 14.6. The van der Waals surface area contributed by atoms with Crippen LogP contribution in [0.4, 0.5) is 0 Å². The lowest BCUT2D eigenvalue weighted by Crippen LogP contribution is -2.52. The third kappa shape index (κ3) is 10.3. The Morgan fingerprint density at radius 2 is 1.24 bits per heavy atom. The summed E-state index contributed by atoms with van der Waals surface area (Å²) in [5.41, 5.74) is 4.86. The minimum Gasteiger partial charge on any atom is -0.497 e. The maximum Gasteiger partial charge on any atom is 0.331 e. The molecule has 292 valence electrons. The molecule has 0 aromatic heterocycles. The summed E-state index contributed by atoms with van der Waals surface area (Å²) in [6.07, 6.45) is 7.78. The van der Waals surface area contributed by atoms with Crippen LogP contribution in [0.5, 0.6) is 28.7 Å². The van der Waals surface area contributed by atoms with E-state index in [-0.39, 0.29) is 12.6 Å². The summed E-state index contributed by atoms with van der Waals surface area (Å²) in [5, 5.41) is 0. The van der Waals surface area contributed by atoms with Gasteiger partial charge in [0.05, 0.1) is 88.5 Å². The fraction of sp³-hybridized carbons (Fsp3) is 0.488. The lowest BCUT2D eigenvalue weighted by molar-refractivity contribution is -0.941. The number of likely N-dealkylation sites (N-methyl/N-ethyl adjacent to an activating group) is 1. The topological polar surface area (TPSA) is 98.8 Å². The molecule has 0 saturated carbocycles. The molecule has 1 saturated heterocycles. The summed E-state index contributed by atoms with van der Waals surface area (Å²) in [7, 11) is 10.5. The summed E-state index contributed by atoms with van der Waals surface area (Å²) in [4.78, 5) is 25.0. The van der Waals surface area contributed by atoms with Gasteiger partial charge in [-0.1, -0.05) is 6.07 Å². The number of quaternary nitrogens is 2. The van der Waals surface area contributed by atoms with E-state index in [1.807, 2.05) is 24.3 Å². The molecule has 1 fully saturated rings. The Balaban J connectivity index is 1.12. The van der Waals surface area contributed by atoms with Crippen molar-refractivity contribution < 1.29 is 51.7 Å². The quantitative estimate of drug-likeness (QED) is 0.0611. The summed E-state index contributed by atoms with van der Waals surface area (Å²) in [6, 6.07) is 18.6. The number of carbonyl (C=O) groups is 2. The smallest absolute Gasteiger partial charge is 0.331 e. The maximum atomic E-state index is 12.6. The normalized spacial score (nSPS) is 18.8. The van der Waals surface area contributed by atoms with Crippen LogP contribution >= 0.6 is 0 Å². The second kappa shape index (κ2) is 19.0. The highest BCUT2D eigenvalue weighted by Gasteiger charge is 2.40. The van der Waals surface area contributed by atoms with Crippen molar-refractivity contribution in [1.29, 1.82) is 0 Å². The number of esters is 2. The van der Waals surface area contributed by atoms with Gasteiger partial charge in [0.25, 0.3) is 0 Å². The van der Waals surface area contributed by atoms with E-state index in [0.29, 0.717) is 30.3 Å². The van der Waals surface area contributed by atoms with Crippen molar-refractivity contribution in [2.24, 2.45) is 0 Å². The number of hydrogen-bond donors (Lipinski definition) is 0. The first-order valence-corrected chi connectivity index (χ1v) is 18.9. The Bertz CT molecular complexity index is 1740. The van der Waals surface area contributed by atoms with Crippen molar-refractivity contribution in [2.45, 2.75) is 51.1 Å². The van der Waals surface area contributed by atoms with E-state index in [2.05, 4.69) is 37.4 Å². The molecule has 0 radical (unpaired) electrons. The van der Waals surface area contributed by atoms with E-state index in [9.17, 15) is 9.59 Å². The van der Waals surface area contributed by atoms with Crippen molar-refractivity contribution in [1.82, 2.24) is 0 Å². The summed E-state index contributed by atoms with van der Waals surface area (Å²) in [5.74, 6) is 2.56. The molecule has 5 rings (SSSR count). The van der Waals surface area contributed by atoms with Gasteiger partial charge >= 0.3 is 11.9 Å². The molecular formula is C43H58N2O9+2. The number of carbonyl (C=O) groups excluding carboxylic acids is 2. The highest BCUT2D eigenvalue weighted by atomic mass is 16.5. The zero-order valence-electron chi connectivity index (χ0n) is 32.9. The molecule has 2 heterocycles. The number of fused-ring (bicyclic) bond motifs is 1. The number of nitrogens with zero attached hydrogens (tertiary/aromatic N) is 2. The molecule has 0 amide bonds. The monoisotopic (exact) mass is 746 g/mol. The molecular weight excluding hydrogens is 688 g/mol. The van der Waals surface area contributed by atoms with E-state index in [1.54, 1.807) is 35.5 Å². The lowest BCUT2D eigenvalue weighted by Gasteiger charge is -2.46. The number of hydrogen-bond acceptors (Lipinski definition) is 9. The highest BCUT2D eigenvalue weighted by Crippen LogP contribution is 2.43. The Morgan fingerprint density at radius 3 is 1.85 bits per heavy atom. The van der Waals surface area contributed by atoms with Crippen LogP contribution in [-0.4, -0.2) is 109 Å². The molecule has 11 nitrogen and oxygen atoms in total. The fourth-order valence-electron chi connectivity index (χ4n) is 8.15. The van der Waals surface area contributed by atoms with Gasteiger partial charge in [-0.2, -0.15) is 0 Å². The first-order valence-electron chi connectivity index (χ1n) is 18.9. The SMILES string of the molecule is COc1ccc(C[N+]2(CCCOC(=O)/C=C\C(=O)OCCC[N+]3(C)CCc4cc(OC)c(OC)cc4[C@H]3Cc3ccc(OC)c(OC)c3)CCCC2)cc1. The van der Waals surface area contributed by atoms with Crippen molar-refractivity contribution in [2.75, 3.05) is 88.5 Å². The molecule has 54 heavy (non-hydrogen) atoms. The fourth-order valence-corrected chi connectivity index (χ4v) is 8.15. The van der Waals surface area contributed by atoms with E-state index in [4.69, 9.17) is 33.2 Å². The molecule has 3 aromatic rings. The third-order valence-corrected chi connectivity index (χ3v) is 11.2. The molecule has 0 aliphatic carbocycles. The zero-order chi connectivity index (χ0) is 38.6. The first-order chi connectivity index (χ1) is 26.1. The number of likely N-dealkylation sites (tertiary alicyclic amines) is 1. The standard InChI is InChI=1S/C43H58N2O9/c1-44(24-19-34-29-40(51-5)41(52-6)30-36(34)37(44)27-33-13-16-38(49-3)39(28-33)50-4)20-9-25-53-42(46)17-18-43(47)54-26-10-23-45(21-7-8-22-45)31-32-11-14-35(48-2)15-12-32/h11-18,28-30,37H,7-10,19-27,31H2,1-6H3/q+2/b18-17-/t37-,44?/m1/s1. The molecule has 0 N–H and O–H groups in total. The molecule has 2 aliphatic rings. The average molecular weight is 747 g/mol. The number of benzene rings is 3. The van der Waals surface area contributed by atoms with E-state index in [0.717, 1.165) is 96.7 Å². The Morgan fingerprint density at radius 1 is 0.667 bits per heavy atom. The van der Waals surface area contributed by atoms with E-state index >= 15 is 0 Å². The Labute approximate surface area is 320 Å². The van der Waals surface area contributed by atoms with E-state index < -0.39 is 11.9 Å². The predicted octanol–water partition coefficient (Wildman–Crippen LogP) is 6.25. The van der Waals surface area contributed by atoms with Gasteiger partial charge in [0.2, 0.25) is 0 Å². The van der Waals surface area contributed by atoms with Crippen LogP contribution in [0.15, 0.2) is 66.7 Å². The van der Waals surface area contributed by atoms with Gasteiger partial charge in [-0.25, -0.2) is 9.59 Å². The minimum absolute atomic E-state index is 0.0989. The first kappa shape index (κ1) is 40.4. The van der Waals surface area contributed by atoms with Gasteiger partial charge in [0, 0.05) is 61.8 Å². The van der Waals surface area contributed by atoms with Crippen molar-refractivity contribution in [3.63, 3.8) is 0 Å². The van der Waals surface area contributed by atoms with Crippen LogP contribution < -0.4 is 23.7 Å². The highest BCUT2D eigenvalue weighted by molar-refractivity contribution is 5.91. The van der Waals surface area contributed by atoms with Gasteiger partial charge in [-0.3, -0.25) is 0 Å². The summed E-state index contributed by atoms with van der Waals surface area (Å²) < 4.78 is 40.4. The van der Waals surface area contributed by atoms with Gasteiger partial charge in [0.1, 0.15) is 18.3 Å². The number of methoxy groups -OCH3 is 5.